The SMILES string of the molecule is CN(C)Cc1cccc(-c2noc(-c3nnn(-c4ccccc4F)c3-c3ccncc3)n2)c1. The summed E-state index contributed by atoms with van der Waals surface area (Å²) in [4.78, 5) is 10.7. The highest BCUT2D eigenvalue weighted by atomic mass is 19.1. The Morgan fingerprint density at radius 1 is 0.970 bits per heavy atom. The van der Waals surface area contributed by atoms with Crippen LogP contribution < -0.4 is 0 Å². The van der Waals surface area contributed by atoms with Crippen LogP contribution in [0, 0.1) is 5.82 Å². The average Bonchev–Trinajstić information content (AvgIpc) is 3.47. The first kappa shape index (κ1) is 20.7. The summed E-state index contributed by atoms with van der Waals surface area (Å²) in [6.45, 7) is 0.793. The first-order valence-electron chi connectivity index (χ1n) is 10.3. The molecule has 0 amide bonds. The molecule has 0 N–H and O–H groups in total. The highest BCUT2D eigenvalue weighted by Gasteiger charge is 2.24. The first-order valence-corrected chi connectivity index (χ1v) is 10.3. The van der Waals surface area contributed by atoms with E-state index in [1.54, 1.807) is 42.7 Å². The van der Waals surface area contributed by atoms with Gasteiger partial charge >= 0.3 is 0 Å². The molecule has 33 heavy (non-hydrogen) atoms. The molecule has 164 valence electrons. The molecule has 0 aliphatic heterocycles. The summed E-state index contributed by atoms with van der Waals surface area (Å²) >= 11 is 0. The van der Waals surface area contributed by atoms with Crippen LogP contribution in [0.4, 0.5) is 4.39 Å². The van der Waals surface area contributed by atoms with Gasteiger partial charge < -0.3 is 9.42 Å². The van der Waals surface area contributed by atoms with E-state index in [1.165, 1.54) is 10.7 Å². The number of benzene rings is 2. The number of halogens is 1. The number of rotatable bonds is 6. The summed E-state index contributed by atoms with van der Waals surface area (Å²) in [6, 6.07) is 17.9. The third-order valence-electron chi connectivity index (χ3n) is 5.02. The summed E-state index contributed by atoms with van der Waals surface area (Å²) < 4.78 is 21.6. The maximum absolute atomic E-state index is 14.6. The van der Waals surface area contributed by atoms with Gasteiger partial charge in [-0.15, -0.1) is 5.10 Å². The molecule has 0 saturated carbocycles. The third-order valence-corrected chi connectivity index (χ3v) is 5.02. The zero-order valence-electron chi connectivity index (χ0n) is 18.1. The fourth-order valence-corrected chi connectivity index (χ4v) is 3.60. The first-order chi connectivity index (χ1) is 16.1. The van der Waals surface area contributed by atoms with E-state index in [4.69, 9.17) is 4.52 Å². The van der Waals surface area contributed by atoms with E-state index in [9.17, 15) is 4.39 Å². The Morgan fingerprint density at radius 2 is 1.79 bits per heavy atom. The molecule has 0 saturated heterocycles. The van der Waals surface area contributed by atoms with Gasteiger partial charge in [0.1, 0.15) is 17.2 Å². The van der Waals surface area contributed by atoms with Gasteiger partial charge in [-0.05, 0) is 50.0 Å². The van der Waals surface area contributed by atoms with E-state index in [0.29, 0.717) is 17.2 Å². The van der Waals surface area contributed by atoms with Crippen molar-refractivity contribution in [3.05, 3.63) is 84.4 Å². The quantitative estimate of drug-likeness (QED) is 0.389. The van der Waals surface area contributed by atoms with Crippen LogP contribution >= 0.6 is 0 Å². The van der Waals surface area contributed by atoms with Crippen LogP contribution in [-0.4, -0.2) is 49.1 Å². The van der Waals surface area contributed by atoms with Crippen molar-refractivity contribution in [3.63, 3.8) is 0 Å². The van der Waals surface area contributed by atoms with Gasteiger partial charge in [-0.1, -0.05) is 40.7 Å². The summed E-state index contributed by atoms with van der Waals surface area (Å²) in [7, 11) is 4.03. The minimum atomic E-state index is -0.423. The molecular formula is C24H20FN7O. The largest absolute Gasteiger partial charge is 0.332 e. The molecule has 0 fully saturated rings. The topological polar surface area (TPSA) is 85.8 Å². The molecule has 0 atom stereocenters. The summed E-state index contributed by atoms with van der Waals surface area (Å²) in [5.41, 5.74) is 3.84. The van der Waals surface area contributed by atoms with Crippen molar-refractivity contribution in [3.8, 4) is 39.9 Å². The molecule has 9 heteroatoms. The van der Waals surface area contributed by atoms with E-state index in [0.717, 1.165) is 23.2 Å². The normalized spacial score (nSPS) is 11.3. The number of hydrogen-bond donors (Lipinski definition) is 0. The minimum Gasteiger partial charge on any atom is -0.332 e. The fourth-order valence-electron chi connectivity index (χ4n) is 3.60. The van der Waals surface area contributed by atoms with E-state index in [2.05, 4.69) is 30.3 Å². The molecule has 2 aromatic carbocycles. The fraction of sp³-hybridized carbons (Fsp3) is 0.125. The molecule has 0 spiro atoms. The summed E-state index contributed by atoms with van der Waals surface area (Å²) in [5.74, 6) is 0.206. The van der Waals surface area contributed by atoms with Crippen LogP contribution in [0.3, 0.4) is 0 Å². The van der Waals surface area contributed by atoms with Crippen molar-refractivity contribution in [2.45, 2.75) is 6.54 Å². The second kappa shape index (κ2) is 8.71. The second-order valence-electron chi connectivity index (χ2n) is 7.75. The molecule has 5 rings (SSSR count). The minimum absolute atomic E-state index is 0.192. The van der Waals surface area contributed by atoms with Gasteiger partial charge in [0, 0.05) is 30.1 Å². The predicted octanol–water partition coefficient (Wildman–Crippen LogP) is 4.25. The molecule has 0 radical (unpaired) electrons. The number of aromatic nitrogens is 6. The van der Waals surface area contributed by atoms with Crippen LogP contribution in [0.15, 0.2) is 77.6 Å². The lowest BCUT2D eigenvalue weighted by molar-refractivity contribution is 0.402. The van der Waals surface area contributed by atoms with Gasteiger partial charge in [0.25, 0.3) is 5.89 Å². The van der Waals surface area contributed by atoms with Gasteiger partial charge in [-0.25, -0.2) is 9.07 Å². The monoisotopic (exact) mass is 441 g/mol. The smallest absolute Gasteiger partial charge is 0.281 e. The number of pyridine rings is 1. The van der Waals surface area contributed by atoms with Gasteiger partial charge in [-0.3, -0.25) is 4.98 Å². The van der Waals surface area contributed by atoms with E-state index in [-0.39, 0.29) is 11.6 Å². The molecule has 0 aliphatic carbocycles. The average molecular weight is 441 g/mol. The molecule has 5 aromatic rings. The highest BCUT2D eigenvalue weighted by molar-refractivity contribution is 5.76. The van der Waals surface area contributed by atoms with Crippen LogP contribution in [0.5, 0.6) is 0 Å². The number of nitrogens with zero attached hydrogens (tertiary/aromatic N) is 7. The maximum Gasteiger partial charge on any atom is 0.281 e. The highest BCUT2D eigenvalue weighted by Crippen LogP contribution is 2.32. The Kier molecular flexibility index (Phi) is 5.45. The molecule has 3 aromatic heterocycles. The van der Waals surface area contributed by atoms with Crippen LogP contribution in [0.1, 0.15) is 5.56 Å². The molecule has 3 heterocycles. The van der Waals surface area contributed by atoms with Crippen LogP contribution in [0.25, 0.3) is 39.9 Å². The van der Waals surface area contributed by atoms with Crippen molar-refractivity contribution >= 4 is 0 Å². The molecule has 8 nitrogen and oxygen atoms in total. The maximum atomic E-state index is 14.6. The zero-order valence-corrected chi connectivity index (χ0v) is 18.1. The van der Waals surface area contributed by atoms with Crippen molar-refractivity contribution in [1.82, 2.24) is 35.0 Å². The van der Waals surface area contributed by atoms with Crippen molar-refractivity contribution in [1.29, 1.82) is 0 Å². The Bertz CT molecular complexity index is 1390. The Hall–Kier alpha value is -4.24. The lowest BCUT2D eigenvalue weighted by Crippen LogP contribution is -2.10. The molecule has 0 bridgehead atoms. The number of hydrogen-bond acceptors (Lipinski definition) is 7. The van der Waals surface area contributed by atoms with E-state index < -0.39 is 5.82 Å². The van der Waals surface area contributed by atoms with Crippen LogP contribution in [0.2, 0.25) is 0 Å². The third kappa shape index (κ3) is 4.13. The summed E-state index contributed by atoms with van der Waals surface area (Å²) in [6.07, 6.45) is 3.29. The van der Waals surface area contributed by atoms with E-state index >= 15 is 0 Å². The Balaban J connectivity index is 1.60. The zero-order chi connectivity index (χ0) is 22.8. The van der Waals surface area contributed by atoms with Crippen LogP contribution in [-0.2, 0) is 6.54 Å². The van der Waals surface area contributed by atoms with Gasteiger partial charge in [0.2, 0.25) is 5.82 Å². The predicted molar refractivity (Wildman–Crippen MR) is 121 cm³/mol. The Morgan fingerprint density at radius 3 is 2.58 bits per heavy atom. The van der Waals surface area contributed by atoms with Crippen molar-refractivity contribution in [2.24, 2.45) is 0 Å². The lowest BCUT2D eigenvalue weighted by Gasteiger charge is -2.09. The van der Waals surface area contributed by atoms with Gasteiger partial charge in [0.15, 0.2) is 5.69 Å². The van der Waals surface area contributed by atoms with Gasteiger partial charge in [-0.2, -0.15) is 4.98 Å². The van der Waals surface area contributed by atoms with E-state index in [1.807, 2.05) is 38.4 Å². The Labute approximate surface area is 189 Å². The standard InChI is InChI=1S/C24H20FN7O/c1-31(2)15-16-6-5-7-18(14-16)23-27-24(33-29-23)21-22(17-10-12-26-13-11-17)32(30-28-21)20-9-4-3-8-19(20)25/h3-14H,15H2,1-2H3. The van der Waals surface area contributed by atoms with Crippen molar-refractivity contribution in [2.75, 3.05) is 14.1 Å². The van der Waals surface area contributed by atoms with Gasteiger partial charge in [0.05, 0.1) is 0 Å². The molecular weight excluding hydrogens is 421 g/mol. The molecule has 0 aliphatic rings. The van der Waals surface area contributed by atoms with Crippen molar-refractivity contribution < 1.29 is 8.91 Å². The molecule has 0 unspecified atom stereocenters. The number of para-hydroxylation sites is 1. The summed E-state index contributed by atoms with van der Waals surface area (Å²) in [5, 5.41) is 12.6. The second-order valence-corrected chi connectivity index (χ2v) is 7.75. The lowest BCUT2D eigenvalue weighted by atomic mass is 10.1.